The van der Waals surface area contributed by atoms with Crippen LogP contribution in [0.5, 0.6) is 0 Å². The maximum Gasteiger partial charge on any atom is 0.365 e. The molecular formula is C9H12O5. The number of ether oxygens (including phenoxy) is 1. The second kappa shape index (κ2) is 6.85. The standard InChI is InChI=1S/C9H12O5/c1-4-8(10)12-6-7(3)13-14-9(11)5-2/h4-5,7H,1-2,6H2,3H3. The number of carbonyl (C=O) groups excluding carboxylic acids is 2. The van der Waals surface area contributed by atoms with E-state index in [1.54, 1.807) is 6.92 Å². The smallest absolute Gasteiger partial charge is 0.365 e. The van der Waals surface area contributed by atoms with E-state index in [4.69, 9.17) is 0 Å². The van der Waals surface area contributed by atoms with Gasteiger partial charge in [-0.3, -0.25) is 4.89 Å². The molecule has 0 amide bonds. The highest BCUT2D eigenvalue weighted by Crippen LogP contribution is 1.94. The minimum Gasteiger partial charge on any atom is -0.460 e. The highest BCUT2D eigenvalue weighted by molar-refractivity contribution is 5.81. The van der Waals surface area contributed by atoms with Crippen LogP contribution in [-0.2, 0) is 24.1 Å². The molecule has 0 aliphatic carbocycles. The van der Waals surface area contributed by atoms with E-state index in [0.29, 0.717) is 0 Å². The predicted octanol–water partition coefficient (Wildman–Crippen LogP) is 0.765. The van der Waals surface area contributed by atoms with Gasteiger partial charge in [-0.25, -0.2) is 9.59 Å². The fourth-order valence-electron chi connectivity index (χ4n) is 0.450. The lowest BCUT2D eigenvalue weighted by Gasteiger charge is -2.09. The van der Waals surface area contributed by atoms with Crippen LogP contribution in [0.3, 0.4) is 0 Å². The maximum absolute atomic E-state index is 10.6. The summed E-state index contributed by atoms with van der Waals surface area (Å²) in [6.45, 7) is 7.94. The molecule has 0 radical (unpaired) electrons. The van der Waals surface area contributed by atoms with Crippen molar-refractivity contribution in [1.29, 1.82) is 0 Å². The lowest BCUT2D eigenvalue weighted by Crippen LogP contribution is -2.19. The lowest BCUT2D eigenvalue weighted by atomic mass is 10.4. The Labute approximate surface area is 81.9 Å². The SMILES string of the molecule is C=CC(=O)OCC(C)OOC(=O)C=C. The summed E-state index contributed by atoms with van der Waals surface area (Å²) >= 11 is 0. The molecule has 5 nitrogen and oxygen atoms in total. The van der Waals surface area contributed by atoms with E-state index < -0.39 is 18.0 Å². The van der Waals surface area contributed by atoms with Crippen molar-refractivity contribution in [2.45, 2.75) is 13.0 Å². The van der Waals surface area contributed by atoms with Gasteiger partial charge in [0, 0.05) is 12.2 Å². The molecule has 0 aliphatic rings. The average molecular weight is 200 g/mol. The summed E-state index contributed by atoms with van der Waals surface area (Å²) < 4.78 is 4.62. The molecule has 0 aromatic rings. The summed E-state index contributed by atoms with van der Waals surface area (Å²) in [5, 5.41) is 0. The Kier molecular flexibility index (Phi) is 6.06. The minimum absolute atomic E-state index is 0.0186. The Morgan fingerprint density at radius 2 is 1.86 bits per heavy atom. The van der Waals surface area contributed by atoms with Crippen molar-refractivity contribution in [1.82, 2.24) is 0 Å². The van der Waals surface area contributed by atoms with Crippen LogP contribution in [0.15, 0.2) is 25.3 Å². The van der Waals surface area contributed by atoms with Crippen LogP contribution in [0.25, 0.3) is 0 Å². The summed E-state index contributed by atoms with van der Waals surface area (Å²) in [4.78, 5) is 29.9. The summed E-state index contributed by atoms with van der Waals surface area (Å²) in [7, 11) is 0. The third kappa shape index (κ3) is 5.96. The molecule has 5 heteroatoms. The summed E-state index contributed by atoms with van der Waals surface area (Å²) in [6, 6.07) is 0. The first-order valence-corrected chi connectivity index (χ1v) is 3.89. The zero-order valence-corrected chi connectivity index (χ0v) is 7.89. The first-order valence-electron chi connectivity index (χ1n) is 3.89. The van der Waals surface area contributed by atoms with Gasteiger partial charge in [0.05, 0.1) is 0 Å². The average Bonchev–Trinajstić information content (AvgIpc) is 2.22. The van der Waals surface area contributed by atoms with Crippen molar-refractivity contribution >= 4 is 11.9 Å². The van der Waals surface area contributed by atoms with E-state index in [1.807, 2.05) is 0 Å². The normalized spacial score (nSPS) is 11.2. The molecule has 0 spiro atoms. The lowest BCUT2D eigenvalue weighted by molar-refractivity contribution is -0.295. The van der Waals surface area contributed by atoms with Crippen molar-refractivity contribution in [2.24, 2.45) is 0 Å². The first-order chi connectivity index (χ1) is 6.60. The third-order valence-corrected chi connectivity index (χ3v) is 1.09. The number of hydrogen-bond acceptors (Lipinski definition) is 5. The second-order valence-corrected chi connectivity index (χ2v) is 2.35. The van der Waals surface area contributed by atoms with Crippen LogP contribution in [0.4, 0.5) is 0 Å². The molecular weight excluding hydrogens is 188 g/mol. The predicted molar refractivity (Wildman–Crippen MR) is 48.0 cm³/mol. The monoisotopic (exact) mass is 200 g/mol. The Bertz CT molecular complexity index is 209. The zero-order chi connectivity index (χ0) is 11.0. The van der Waals surface area contributed by atoms with Gasteiger partial charge in [-0.1, -0.05) is 13.2 Å². The van der Waals surface area contributed by atoms with E-state index >= 15 is 0 Å². The number of esters is 1. The molecule has 0 aromatic heterocycles. The van der Waals surface area contributed by atoms with Crippen molar-refractivity contribution in [2.75, 3.05) is 6.61 Å². The van der Waals surface area contributed by atoms with E-state index in [1.165, 1.54) is 0 Å². The van der Waals surface area contributed by atoms with Gasteiger partial charge < -0.3 is 4.74 Å². The van der Waals surface area contributed by atoms with E-state index in [9.17, 15) is 9.59 Å². The van der Waals surface area contributed by atoms with Gasteiger partial charge in [-0.05, 0) is 6.92 Å². The molecule has 1 unspecified atom stereocenters. The second-order valence-electron chi connectivity index (χ2n) is 2.35. The topological polar surface area (TPSA) is 61.8 Å². The third-order valence-electron chi connectivity index (χ3n) is 1.09. The maximum atomic E-state index is 10.6. The Morgan fingerprint density at radius 1 is 1.29 bits per heavy atom. The molecule has 0 fully saturated rings. The fourth-order valence-corrected chi connectivity index (χ4v) is 0.450. The van der Waals surface area contributed by atoms with E-state index in [-0.39, 0.29) is 6.61 Å². The van der Waals surface area contributed by atoms with Gasteiger partial charge in [0.1, 0.15) is 12.7 Å². The van der Waals surface area contributed by atoms with Crippen LogP contribution >= 0.6 is 0 Å². The highest BCUT2D eigenvalue weighted by atomic mass is 17.2. The number of rotatable bonds is 6. The quantitative estimate of drug-likeness (QED) is 0.274. The van der Waals surface area contributed by atoms with E-state index in [2.05, 4.69) is 27.7 Å². The van der Waals surface area contributed by atoms with Gasteiger partial charge in [-0.2, -0.15) is 4.89 Å². The van der Waals surface area contributed by atoms with Gasteiger partial charge in [-0.15, -0.1) is 0 Å². The Hall–Kier alpha value is -1.62. The largest absolute Gasteiger partial charge is 0.460 e. The molecule has 0 N–H and O–H groups in total. The van der Waals surface area contributed by atoms with Gasteiger partial charge in [0.25, 0.3) is 0 Å². The van der Waals surface area contributed by atoms with Gasteiger partial charge in [0.2, 0.25) is 0 Å². The van der Waals surface area contributed by atoms with Crippen LogP contribution in [0.2, 0.25) is 0 Å². The van der Waals surface area contributed by atoms with Crippen molar-refractivity contribution in [3.05, 3.63) is 25.3 Å². The summed E-state index contributed by atoms with van der Waals surface area (Å²) in [6.07, 6.45) is 1.45. The Balaban J connectivity index is 3.60. The van der Waals surface area contributed by atoms with Crippen LogP contribution in [0.1, 0.15) is 6.92 Å². The molecule has 14 heavy (non-hydrogen) atoms. The van der Waals surface area contributed by atoms with Crippen LogP contribution in [0, 0.1) is 0 Å². The molecule has 1 atom stereocenters. The highest BCUT2D eigenvalue weighted by Gasteiger charge is 2.08. The molecule has 78 valence electrons. The molecule has 0 bridgehead atoms. The van der Waals surface area contributed by atoms with Crippen molar-refractivity contribution in [3.8, 4) is 0 Å². The first kappa shape index (κ1) is 12.4. The minimum atomic E-state index is -0.702. The van der Waals surface area contributed by atoms with E-state index in [0.717, 1.165) is 12.2 Å². The fraction of sp³-hybridized carbons (Fsp3) is 0.333. The van der Waals surface area contributed by atoms with Crippen LogP contribution in [-0.4, -0.2) is 24.6 Å². The molecule has 0 saturated heterocycles. The zero-order valence-electron chi connectivity index (χ0n) is 7.89. The van der Waals surface area contributed by atoms with Gasteiger partial charge in [0.15, 0.2) is 0 Å². The molecule has 0 heterocycles. The molecule has 0 rings (SSSR count). The van der Waals surface area contributed by atoms with Crippen molar-refractivity contribution < 1.29 is 24.1 Å². The molecule has 0 aliphatic heterocycles. The number of carbonyl (C=O) groups is 2. The van der Waals surface area contributed by atoms with Gasteiger partial charge >= 0.3 is 11.9 Å². The molecule has 0 aromatic carbocycles. The summed E-state index contributed by atoms with van der Waals surface area (Å²) in [5.41, 5.74) is 0. The summed E-state index contributed by atoms with van der Waals surface area (Å²) in [5.74, 6) is -1.26. The van der Waals surface area contributed by atoms with Crippen molar-refractivity contribution in [3.63, 3.8) is 0 Å². The van der Waals surface area contributed by atoms with Crippen LogP contribution < -0.4 is 0 Å². The molecule has 0 saturated carbocycles. The number of hydrogen-bond donors (Lipinski definition) is 0. The Morgan fingerprint density at radius 3 is 2.36 bits per heavy atom.